The van der Waals surface area contributed by atoms with Crippen LogP contribution in [-0.4, -0.2) is 19.6 Å². The van der Waals surface area contributed by atoms with Crippen LogP contribution in [0.4, 0.5) is 0 Å². The molecule has 1 spiro atoms. The lowest BCUT2D eigenvalue weighted by Gasteiger charge is -2.57. The van der Waals surface area contributed by atoms with Gasteiger partial charge in [-0.3, -0.25) is 0 Å². The molecule has 2 nitrogen and oxygen atoms in total. The molecule has 1 heterocycles. The molecule has 6 atom stereocenters. The van der Waals surface area contributed by atoms with E-state index < -0.39 is 0 Å². The first kappa shape index (κ1) is 15.5. The quantitative estimate of drug-likeness (QED) is 0.698. The van der Waals surface area contributed by atoms with Crippen molar-refractivity contribution in [2.75, 3.05) is 13.6 Å². The summed E-state index contributed by atoms with van der Waals surface area (Å²) < 4.78 is 0. The number of fused-ring (bicyclic) bond motifs is 4. The minimum atomic E-state index is 0.505. The van der Waals surface area contributed by atoms with Gasteiger partial charge in [-0.25, -0.2) is 0 Å². The second-order valence-electron chi connectivity index (χ2n) is 9.68. The van der Waals surface area contributed by atoms with Crippen LogP contribution in [0.3, 0.4) is 0 Å². The van der Waals surface area contributed by atoms with Crippen molar-refractivity contribution in [3.63, 3.8) is 0 Å². The smallest absolute Gasteiger partial charge is 0.0241 e. The summed E-state index contributed by atoms with van der Waals surface area (Å²) in [5.41, 5.74) is 6.22. The van der Waals surface area contributed by atoms with Crippen LogP contribution in [0.5, 0.6) is 0 Å². The van der Waals surface area contributed by atoms with E-state index in [1.165, 1.54) is 63.6 Å². The van der Waals surface area contributed by atoms with Gasteiger partial charge in [0.1, 0.15) is 0 Å². The molecule has 6 unspecified atom stereocenters. The Labute approximate surface area is 147 Å². The topological polar surface area (TPSA) is 24.1 Å². The minimum Gasteiger partial charge on any atom is -0.388 e. The standard InChI is InChI=1S/C22H34N2/c1-14-18-6-7-20-17-5-4-15-12-16(23-3)8-10-21(15,2)19(17)9-11-22(18,20)13-24-14/h4,16-17,19-20,23-24H,5-13H2,1-3H3. The molecule has 5 rings (SSSR count). The van der Waals surface area contributed by atoms with E-state index in [1.54, 1.807) is 5.57 Å². The van der Waals surface area contributed by atoms with Gasteiger partial charge in [0.05, 0.1) is 0 Å². The van der Waals surface area contributed by atoms with Gasteiger partial charge in [0.2, 0.25) is 0 Å². The zero-order valence-electron chi connectivity index (χ0n) is 15.8. The molecule has 1 aliphatic heterocycles. The number of rotatable bonds is 1. The van der Waals surface area contributed by atoms with Crippen LogP contribution in [0.15, 0.2) is 22.9 Å². The molecule has 0 saturated heterocycles. The van der Waals surface area contributed by atoms with Gasteiger partial charge in [-0.15, -0.1) is 0 Å². The summed E-state index contributed by atoms with van der Waals surface area (Å²) in [6, 6.07) is 0.721. The third kappa shape index (κ3) is 1.81. The molecule has 3 saturated carbocycles. The number of hydrogen-bond acceptors (Lipinski definition) is 2. The summed E-state index contributed by atoms with van der Waals surface area (Å²) in [5, 5.41) is 7.28. The molecule has 4 aliphatic carbocycles. The third-order valence-electron chi connectivity index (χ3n) is 9.15. The largest absolute Gasteiger partial charge is 0.388 e. The molecular weight excluding hydrogens is 292 g/mol. The van der Waals surface area contributed by atoms with Crippen molar-refractivity contribution in [3.05, 3.63) is 22.9 Å². The van der Waals surface area contributed by atoms with Gasteiger partial charge in [-0.05, 0) is 94.1 Å². The molecular formula is C22H34N2. The third-order valence-corrected chi connectivity index (χ3v) is 9.15. The van der Waals surface area contributed by atoms with Crippen LogP contribution in [0, 0.1) is 28.6 Å². The van der Waals surface area contributed by atoms with E-state index in [0.29, 0.717) is 10.8 Å². The van der Waals surface area contributed by atoms with Crippen molar-refractivity contribution >= 4 is 0 Å². The van der Waals surface area contributed by atoms with Gasteiger partial charge in [0.15, 0.2) is 0 Å². The molecule has 3 fully saturated rings. The van der Waals surface area contributed by atoms with Crippen LogP contribution in [0.25, 0.3) is 0 Å². The molecule has 132 valence electrons. The SMILES string of the molecule is CNC1CCC2(C)C(=CCC3C2CCC24CNC(C)=C2CCC34)C1. The molecule has 0 radical (unpaired) electrons. The van der Waals surface area contributed by atoms with Crippen molar-refractivity contribution in [2.45, 2.75) is 71.3 Å². The van der Waals surface area contributed by atoms with Gasteiger partial charge in [-0.2, -0.15) is 0 Å². The fourth-order valence-electron chi connectivity index (χ4n) is 7.82. The molecule has 2 heteroatoms. The minimum absolute atomic E-state index is 0.505. The maximum absolute atomic E-state index is 3.74. The highest BCUT2D eigenvalue weighted by atomic mass is 15.0. The first-order valence-electron chi connectivity index (χ1n) is 10.4. The molecule has 0 aromatic rings. The van der Waals surface area contributed by atoms with Gasteiger partial charge in [0.25, 0.3) is 0 Å². The van der Waals surface area contributed by atoms with Crippen LogP contribution >= 0.6 is 0 Å². The van der Waals surface area contributed by atoms with E-state index in [1.807, 2.05) is 5.57 Å². The second-order valence-corrected chi connectivity index (χ2v) is 9.68. The predicted octanol–water partition coefficient (Wildman–Crippen LogP) is 4.39. The van der Waals surface area contributed by atoms with E-state index in [2.05, 4.69) is 37.6 Å². The Kier molecular flexibility index (Phi) is 3.31. The van der Waals surface area contributed by atoms with Crippen LogP contribution in [0.1, 0.15) is 65.2 Å². The lowest BCUT2D eigenvalue weighted by molar-refractivity contribution is -0.0185. The van der Waals surface area contributed by atoms with Crippen molar-refractivity contribution in [1.82, 2.24) is 10.6 Å². The van der Waals surface area contributed by atoms with Gasteiger partial charge < -0.3 is 10.6 Å². The highest BCUT2D eigenvalue weighted by molar-refractivity contribution is 5.35. The number of nitrogens with one attached hydrogen (secondary N) is 2. The first-order valence-corrected chi connectivity index (χ1v) is 10.4. The van der Waals surface area contributed by atoms with E-state index in [4.69, 9.17) is 0 Å². The zero-order valence-corrected chi connectivity index (χ0v) is 15.8. The highest BCUT2D eigenvalue weighted by Gasteiger charge is 2.60. The predicted molar refractivity (Wildman–Crippen MR) is 99.6 cm³/mol. The summed E-state index contributed by atoms with van der Waals surface area (Å²) in [7, 11) is 2.14. The van der Waals surface area contributed by atoms with Crippen LogP contribution in [0.2, 0.25) is 0 Å². The number of hydrogen-bond donors (Lipinski definition) is 2. The molecule has 5 aliphatic rings. The fourth-order valence-corrected chi connectivity index (χ4v) is 7.82. The van der Waals surface area contributed by atoms with Gasteiger partial charge >= 0.3 is 0 Å². The summed E-state index contributed by atoms with van der Waals surface area (Å²) in [6.07, 6.45) is 13.9. The Balaban J connectivity index is 1.49. The normalized spacial score (nSPS) is 49.7. The Morgan fingerprint density at radius 1 is 1.17 bits per heavy atom. The monoisotopic (exact) mass is 326 g/mol. The van der Waals surface area contributed by atoms with Crippen molar-refractivity contribution in [3.8, 4) is 0 Å². The zero-order chi connectivity index (χ0) is 16.5. The number of allylic oxidation sites excluding steroid dienone is 2. The Morgan fingerprint density at radius 3 is 2.88 bits per heavy atom. The van der Waals surface area contributed by atoms with Crippen LogP contribution in [-0.2, 0) is 0 Å². The molecule has 0 aromatic heterocycles. The Hall–Kier alpha value is -0.760. The van der Waals surface area contributed by atoms with Crippen molar-refractivity contribution < 1.29 is 0 Å². The summed E-state index contributed by atoms with van der Waals surface area (Å²) in [6.45, 7) is 6.21. The summed E-state index contributed by atoms with van der Waals surface area (Å²) in [4.78, 5) is 0. The average Bonchev–Trinajstić information content (AvgIpc) is 3.12. The highest BCUT2D eigenvalue weighted by Crippen LogP contribution is 2.67. The lowest BCUT2D eigenvalue weighted by atomic mass is 9.47. The molecule has 2 N–H and O–H groups in total. The van der Waals surface area contributed by atoms with Gasteiger partial charge in [-0.1, -0.05) is 18.6 Å². The molecule has 0 amide bonds. The van der Waals surface area contributed by atoms with E-state index in [9.17, 15) is 0 Å². The molecule has 0 aromatic carbocycles. The fraction of sp³-hybridized carbons (Fsp3) is 0.818. The maximum atomic E-state index is 3.74. The van der Waals surface area contributed by atoms with E-state index in [0.717, 1.165) is 23.8 Å². The molecule has 24 heavy (non-hydrogen) atoms. The summed E-state index contributed by atoms with van der Waals surface area (Å²) in [5.74, 6) is 2.85. The second kappa shape index (κ2) is 5.13. The Morgan fingerprint density at radius 2 is 2.04 bits per heavy atom. The van der Waals surface area contributed by atoms with E-state index >= 15 is 0 Å². The van der Waals surface area contributed by atoms with E-state index in [-0.39, 0.29) is 0 Å². The Bertz CT molecular complexity index is 617. The molecule has 0 bridgehead atoms. The van der Waals surface area contributed by atoms with Crippen LogP contribution < -0.4 is 10.6 Å². The first-order chi connectivity index (χ1) is 11.6. The van der Waals surface area contributed by atoms with Crippen molar-refractivity contribution in [1.29, 1.82) is 0 Å². The lowest BCUT2D eigenvalue weighted by Crippen LogP contribution is -2.52. The maximum Gasteiger partial charge on any atom is 0.0241 e. The van der Waals surface area contributed by atoms with Gasteiger partial charge in [0, 0.05) is 23.7 Å². The average molecular weight is 327 g/mol. The summed E-state index contributed by atoms with van der Waals surface area (Å²) >= 11 is 0. The van der Waals surface area contributed by atoms with Crippen molar-refractivity contribution in [2.24, 2.45) is 28.6 Å².